The zero-order chi connectivity index (χ0) is 14.1. The first-order valence-corrected chi connectivity index (χ1v) is 6.25. The van der Waals surface area contributed by atoms with Crippen LogP contribution in [0.4, 0.5) is 5.69 Å². The molecule has 0 aliphatic rings. The number of hydrogen-bond donors (Lipinski definition) is 0. The van der Waals surface area contributed by atoms with Crippen LogP contribution in [0.2, 0.25) is 0 Å². The number of fused-ring (bicyclic) bond motifs is 1. The highest BCUT2D eigenvalue weighted by Crippen LogP contribution is 2.27. The molecule has 4 nitrogen and oxygen atoms in total. The lowest BCUT2D eigenvalue weighted by molar-refractivity contribution is -0.384. The summed E-state index contributed by atoms with van der Waals surface area (Å²) in [5, 5.41) is 11.7. The molecule has 0 bridgehead atoms. The summed E-state index contributed by atoms with van der Waals surface area (Å²) in [6.45, 7) is 2.05. The number of aromatic nitrogens is 1. The largest absolute Gasteiger partial charge is 0.271 e. The zero-order valence-corrected chi connectivity index (χ0v) is 10.9. The van der Waals surface area contributed by atoms with Crippen LogP contribution in [0.25, 0.3) is 22.0 Å². The smallest absolute Gasteiger partial charge is 0.258 e. The molecule has 1 heterocycles. The van der Waals surface area contributed by atoms with Crippen molar-refractivity contribution in [2.75, 3.05) is 0 Å². The standard InChI is InChI=1S/C16H12N2O2/c1-11-4-2-3-5-15(11)13-8-12-6-7-14(18(19)20)9-16(12)17-10-13/h2-10H,1H3. The molecule has 0 N–H and O–H groups in total. The Bertz CT molecular complexity index is 812. The number of aryl methyl sites for hydroxylation is 1. The molecule has 0 aliphatic heterocycles. The van der Waals surface area contributed by atoms with E-state index in [0.29, 0.717) is 5.52 Å². The van der Waals surface area contributed by atoms with Gasteiger partial charge in [-0.05, 0) is 30.2 Å². The molecule has 2 aromatic carbocycles. The predicted molar refractivity (Wildman–Crippen MR) is 78.6 cm³/mol. The molecule has 3 rings (SSSR count). The second kappa shape index (κ2) is 4.74. The first-order chi connectivity index (χ1) is 9.65. The molecule has 0 unspecified atom stereocenters. The minimum Gasteiger partial charge on any atom is -0.258 e. The van der Waals surface area contributed by atoms with Crippen LogP contribution in [-0.2, 0) is 0 Å². The van der Waals surface area contributed by atoms with Gasteiger partial charge >= 0.3 is 0 Å². The Kier molecular flexibility index (Phi) is 2.91. The van der Waals surface area contributed by atoms with Gasteiger partial charge in [-0.2, -0.15) is 0 Å². The molecule has 20 heavy (non-hydrogen) atoms. The van der Waals surface area contributed by atoms with Crippen molar-refractivity contribution in [1.29, 1.82) is 0 Å². The van der Waals surface area contributed by atoms with Crippen LogP contribution in [0.1, 0.15) is 5.56 Å². The molecular formula is C16H12N2O2. The number of hydrogen-bond acceptors (Lipinski definition) is 3. The summed E-state index contributed by atoms with van der Waals surface area (Å²) in [7, 11) is 0. The predicted octanol–water partition coefficient (Wildman–Crippen LogP) is 4.12. The number of nitro benzene ring substituents is 1. The van der Waals surface area contributed by atoms with E-state index in [0.717, 1.165) is 16.5 Å². The fourth-order valence-electron chi connectivity index (χ4n) is 2.27. The van der Waals surface area contributed by atoms with Crippen molar-refractivity contribution in [3.63, 3.8) is 0 Å². The zero-order valence-electron chi connectivity index (χ0n) is 10.9. The van der Waals surface area contributed by atoms with Crippen molar-refractivity contribution in [2.24, 2.45) is 0 Å². The van der Waals surface area contributed by atoms with Gasteiger partial charge in [0, 0.05) is 29.3 Å². The van der Waals surface area contributed by atoms with Crippen molar-refractivity contribution >= 4 is 16.6 Å². The van der Waals surface area contributed by atoms with E-state index >= 15 is 0 Å². The average Bonchev–Trinajstić information content (AvgIpc) is 2.46. The van der Waals surface area contributed by atoms with Gasteiger partial charge in [0.15, 0.2) is 0 Å². The van der Waals surface area contributed by atoms with Gasteiger partial charge in [0.25, 0.3) is 5.69 Å². The van der Waals surface area contributed by atoms with Crippen LogP contribution in [0.3, 0.4) is 0 Å². The van der Waals surface area contributed by atoms with E-state index in [1.807, 2.05) is 24.3 Å². The van der Waals surface area contributed by atoms with Gasteiger partial charge in [-0.3, -0.25) is 15.1 Å². The summed E-state index contributed by atoms with van der Waals surface area (Å²) < 4.78 is 0. The van der Waals surface area contributed by atoms with E-state index in [-0.39, 0.29) is 5.69 Å². The Hall–Kier alpha value is -2.75. The summed E-state index contributed by atoms with van der Waals surface area (Å²) in [5.41, 5.74) is 4.02. The summed E-state index contributed by atoms with van der Waals surface area (Å²) in [6, 6.07) is 14.8. The summed E-state index contributed by atoms with van der Waals surface area (Å²) in [5.74, 6) is 0. The third kappa shape index (κ3) is 2.12. The lowest BCUT2D eigenvalue weighted by Crippen LogP contribution is -1.89. The van der Waals surface area contributed by atoms with Crippen LogP contribution >= 0.6 is 0 Å². The summed E-state index contributed by atoms with van der Waals surface area (Å²) in [6.07, 6.45) is 1.76. The number of rotatable bonds is 2. The van der Waals surface area contributed by atoms with E-state index in [1.54, 1.807) is 12.3 Å². The molecule has 0 aliphatic carbocycles. The van der Waals surface area contributed by atoms with E-state index in [2.05, 4.69) is 18.0 Å². The van der Waals surface area contributed by atoms with Crippen LogP contribution in [0, 0.1) is 17.0 Å². The van der Waals surface area contributed by atoms with Gasteiger partial charge in [-0.15, -0.1) is 0 Å². The van der Waals surface area contributed by atoms with E-state index in [1.165, 1.54) is 17.7 Å². The van der Waals surface area contributed by atoms with Gasteiger partial charge in [-0.25, -0.2) is 0 Å². The number of benzene rings is 2. The van der Waals surface area contributed by atoms with E-state index < -0.39 is 4.92 Å². The Labute approximate surface area is 115 Å². The average molecular weight is 264 g/mol. The monoisotopic (exact) mass is 264 g/mol. The molecule has 3 aromatic rings. The van der Waals surface area contributed by atoms with Crippen LogP contribution in [0.5, 0.6) is 0 Å². The summed E-state index contributed by atoms with van der Waals surface area (Å²) >= 11 is 0. The highest BCUT2D eigenvalue weighted by atomic mass is 16.6. The third-order valence-electron chi connectivity index (χ3n) is 3.33. The van der Waals surface area contributed by atoms with E-state index in [9.17, 15) is 10.1 Å². The normalized spacial score (nSPS) is 10.7. The minimum absolute atomic E-state index is 0.0636. The lowest BCUT2D eigenvalue weighted by Gasteiger charge is -2.06. The Morgan fingerprint density at radius 3 is 2.65 bits per heavy atom. The third-order valence-corrected chi connectivity index (χ3v) is 3.33. The number of non-ortho nitro benzene ring substituents is 1. The Morgan fingerprint density at radius 2 is 1.90 bits per heavy atom. The van der Waals surface area contributed by atoms with Crippen molar-refractivity contribution in [3.05, 3.63) is 70.4 Å². The maximum atomic E-state index is 10.8. The van der Waals surface area contributed by atoms with Crippen molar-refractivity contribution in [3.8, 4) is 11.1 Å². The quantitative estimate of drug-likeness (QED) is 0.516. The Balaban J connectivity index is 2.15. The van der Waals surface area contributed by atoms with Gasteiger partial charge < -0.3 is 0 Å². The second-order valence-corrected chi connectivity index (χ2v) is 4.67. The second-order valence-electron chi connectivity index (χ2n) is 4.67. The minimum atomic E-state index is -0.406. The molecular weight excluding hydrogens is 252 g/mol. The topological polar surface area (TPSA) is 56.0 Å². The fourth-order valence-corrected chi connectivity index (χ4v) is 2.27. The summed E-state index contributed by atoms with van der Waals surface area (Å²) in [4.78, 5) is 14.7. The van der Waals surface area contributed by atoms with Crippen molar-refractivity contribution < 1.29 is 4.92 Å². The number of nitro groups is 1. The molecule has 0 atom stereocenters. The van der Waals surface area contributed by atoms with Gasteiger partial charge in [0.1, 0.15) is 0 Å². The molecule has 0 saturated carbocycles. The number of pyridine rings is 1. The molecule has 0 fully saturated rings. The number of nitrogens with zero attached hydrogens (tertiary/aromatic N) is 2. The first-order valence-electron chi connectivity index (χ1n) is 6.25. The van der Waals surface area contributed by atoms with Crippen LogP contribution in [0.15, 0.2) is 54.7 Å². The fraction of sp³-hybridized carbons (Fsp3) is 0.0625. The van der Waals surface area contributed by atoms with Crippen molar-refractivity contribution in [2.45, 2.75) is 6.92 Å². The maximum absolute atomic E-state index is 10.8. The van der Waals surface area contributed by atoms with Gasteiger partial charge in [0.2, 0.25) is 0 Å². The van der Waals surface area contributed by atoms with Gasteiger partial charge in [-0.1, -0.05) is 24.3 Å². The molecule has 0 radical (unpaired) electrons. The van der Waals surface area contributed by atoms with Gasteiger partial charge in [0.05, 0.1) is 10.4 Å². The Morgan fingerprint density at radius 1 is 1.10 bits per heavy atom. The molecule has 0 saturated heterocycles. The highest BCUT2D eigenvalue weighted by Gasteiger charge is 2.08. The molecule has 0 spiro atoms. The van der Waals surface area contributed by atoms with E-state index in [4.69, 9.17) is 0 Å². The maximum Gasteiger partial charge on any atom is 0.271 e. The van der Waals surface area contributed by atoms with Crippen LogP contribution in [-0.4, -0.2) is 9.91 Å². The van der Waals surface area contributed by atoms with Crippen molar-refractivity contribution in [1.82, 2.24) is 4.98 Å². The SMILES string of the molecule is Cc1ccccc1-c1cnc2cc([N+](=O)[O-])ccc2c1. The highest BCUT2D eigenvalue weighted by molar-refractivity contribution is 5.85. The lowest BCUT2D eigenvalue weighted by atomic mass is 10.0. The molecule has 0 amide bonds. The molecule has 98 valence electrons. The van der Waals surface area contributed by atoms with Crippen LogP contribution < -0.4 is 0 Å². The first kappa shape index (κ1) is 12.3. The molecule has 1 aromatic heterocycles. The molecule has 4 heteroatoms.